The Bertz CT molecular complexity index is 1040. The van der Waals surface area contributed by atoms with Gasteiger partial charge in [0.15, 0.2) is 5.82 Å². The summed E-state index contributed by atoms with van der Waals surface area (Å²) in [6.45, 7) is 2.06. The molecule has 0 bridgehead atoms. The number of para-hydroxylation sites is 1. The normalized spacial score (nSPS) is 10.9. The summed E-state index contributed by atoms with van der Waals surface area (Å²) in [4.78, 5) is 14.0. The molecule has 0 saturated heterocycles. The molecule has 2 aromatic carbocycles. The second kappa shape index (κ2) is 6.13. The van der Waals surface area contributed by atoms with Crippen molar-refractivity contribution in [2.75, 3.05) is 0 Å². The van der Waals surface area contributed by atoms with Crippen molar-refractivity contribution in [2.24, 2.45) is 0 Å². The fraction of sp³-hybridized carbons (Fsp3) is 0.0500. The van der Waals surface area contributed by atoms with Gasteiger partial charge < -0.3 is 0 Å². The van der Waals surface area contributed by atoms with E-state index in [1.165, 1.54) is 0 Å². The number of rotatable bonds is 2. The number of benzene rings is 2. The highest BCUT2D eigenvalue weighted by Crippen LogP contribution is 2.30. The van der Waals surface area contributed by atoms with Crippen molar-refractivity contribution in [3.05, 3.63) is 76.9 Å². The van der Waals surface area contributed by atoms with Gasteiger partial charge in [-0.25, -0.2) is 15.0 Å². The van der Waals surface area contributed by atoms with Gasteiger partial charge in [0.25, 0.3) is 0 Å². The van der Waals surface area contributed by atoms with Gasteiger partial charge in [-0.1, -0.05) is 58.4 Å². The Hall–Kier alpha value is -2.59. The SMILES string of the molecule is Cc1ccc(-c2ncc3ccccc3n2)nc1-c1ccccc1Br. The molecule has 116 valence electrons. The van der Waals surface area contributed by atoms with Gasteiger partial charge in [-0.05, 0) is 30.7 Å². The zero-order valence-corrected chi connectivity index (χ0v) is 14.7. The molecule has 0 aliphatic rings. The average Bonchev–Trinajstić information content (AvgIpc) is 2.62. The summed E-state index contributed by atoms with van der Waals surface area (Å²) in [5, 5.41) is 1.03. The van der Waals surface area contributed by atoms with Crippen LogP contribution in [0.25, 0.3) is 33.7 Å². The maximum absolute atomic E-state index is 4.83. The smallest absolute Gasteiger partial charge is 0.178 e. The van der Waals surface area contributed by atoms with Crippen LogP contribution >= 0.6 is 15.9 Å². The number of aromatic nitrogens is 3. The van der Waals surface area contributed by atoms with E-state index in [0.29, 0.717) is 5.82 Å². The first kappa shape index (κ1) is 15.0. The molecule has 0 radical (unpaired) electrons. The minimum atomic E-state index is 0.641. The Balaban J connectivity index is 1.87. The van der Waals surface area contributed by atoms with Crippen LogP contribution in [0.1, 0.15) is 5.56 Å². The largest absolute Gasteiger partial charge is 0.244 e. The molecule has 0 amide bonds. The summed E-state index contributed by atoms with van der Waals surface area (Å²) in [7, 11) is 0. The number of aryl methyl sites for hydroxylation is 1. The van der Waals surface area contributed by atoms with Crippen LogP contribution in [-0.2, 0) is 0 Å². The lowest BCUT2D eigenvalue weighted by atomic mass is 10.1. The van der Waals surface area contributed by atoms with Gasteiger partial charge in [0, 0.05) is 21.6 Å². The Morgan fingerprint density at radius 1 is 0.833 bits per heavy atom. The van der Waals surface area contributed by atoms with Gasteiger partial charge in [-0.15, -0.1) is 0 Å². The first-order chi connectivity index (χ1) is 11.7. The molecule has 0 aliphatic heterocycles. The molecule has 0 unspecified atom stereocenters. The fourth-order valence-electron chi connectivity index (χ4n) is 2.67. The standard InChI is InChI=1S/C20H14BrN3/c1-13-10-11-18(23-19(13)15-7-3-4-8-16(15)21)20-22-12-14-6-2-5-9-17(14)24-20/h2-12H,1H3. The van der Waals surface area contributed by atoms with E-state index in [1.807, 2.05) is 54.7 Å². The van der Waals surface area contributed by atoms with Crippen molar-refractivity contribution < 1.29 is 0 Å². The van der Waals surface area contributed by atoms with E-state index in [9.17, 15) is 0 Å². The van der Waals surface area contributed by atoms with Crippen LogP contribution in [0, 0.1) is 6.92 Å². The molecule has 0 atom stereocenters. The van der Waals surface area contributed by atoms with Crippen LogP contribution in [0.3, 0.4) is 0 Å². The van der Waals surface area contributed by atoms with Crippen molar-refractivity contribution >= 4 is 26.8 Å². The Morgan fingerprint density at radius 3 is 2.50 bits per heavy atom. The van der Waals surface area contributed by atoms with E-state index in [4.69, 9.17) is 4.98 Å². The third-order valence-electron chi connectivity index (χ3n) is 3.94. The minimum Gasteiger partial charge on any atom is -0.244 e. The van der Waals surface area contributed by atoms with Crippen molar-refractivity contribution in [1.82, 2.24) is 15.0 Å². The monoisotopic (exact) mass is 375 g/mol. The van der Waals surface area contributed by atoms with Gasteiger partial charge in [0.2, 0.25) is 0 Å². The third kappa shape index (κ3) is 2.69. The van der Waals surface area contributed by atoms with E-state index >= 15 is 0 Å². The molecule has 4 heteroatoms. The summed E-state index contributed by atoms with van der Waals surface area (Å²) in [6, 6.07) is 20.1. The lowest BCUT2D eigenvalue weighted by Crippen LogP contribution is -1.96. The first-order valence-electron chi connectivity index (χ1n) is 7.67. The number of nitrogens with zero attached hydrogens (tertiary/aromatic N) is 3. The number of hydrogen-bond acceptors (Lipinski definition) is 3. The number of fused-ring (bicyclic) bond motifs is 1. The van der Waals surface area contributed by atoms with Gasteiger partial charge in [-0.3, -0.25) is 0 Å². The Labute approximate surface area is 148 Å². The van der Waals surface area contributed by atoms with Gasteiger partial charge >= 0.3 is 0 Å². The molecular formula is C20H14BrN3. The van der Waals surface area contributed by atoms with Crippen molar-refractivity contribution in [1.29, 1.82) is 0 Å². The zero-order chi connectivity index (χ0) is 16.5. The molecule has 0 spiro atoms. The van der Waals surface area contributed by atoms with Crippen LogP contribution in [0.4, 0.5) is 0 Å². The predicted octanol–water partition coefficient (Wildman–Crippen LogP) is 5.43. The molecule has 3 nitrogen and oxygen atoms in total. The highest BCUT2D eigenvalue weighted by atomic mass is 79.9. The quantitative estimate of drug-likeness (QED) is 0.468. The predicted molar refractivity (Wildman–Crippen MR) is 101 cm³/mol. The molecule has 2 aromatic heterocycles. The van der Waals surface area contributed by atoms with Crippen LogP contribution < -0.4 is 0 Å². The second-order valence-corrected chi connectivity index (χ2v) is 6.45. The minimum absolute atomic E-state index is 0.641. The highest BCUT2D eigenvalue weighted by molar-refractivity contribution is 9.10. The number of pyridine rings is 1. The van der Waals surface area contributed by atoms with Crippen LogP contribution in [-0.4, -0.2) is 15.0 Å². The van der Waals surface area contributed by atoms with E-state index < -0.39 is 0 Å². The fourth-order valence-corrected chi connectivity index (χ4v) is 3.15. The molecule has 4 rings (SSSR count). The van der Waals surface area contributed by atoms with E-state index in [1.54, 1.807) is 0 Å². The Kier molecular flexibility index (Phi) is 3.82. The Morgan fingerprint density at radius 2 is 1.62 bits per heavy atom. The first-order valence-corrected chi connectivity index (χ1v) is 8.46. The van der Waals surface area contributed by atoms with Crippen molar-refractivity contribution in [2.45, 2.75) is 6.92 Å². The van der Waals surface area contributed by atoms with Gasteiger partial charge in [0.1, 0.15) is 5.69 Å². The molecule has 0 saturated carbocycles. The van der Waals surface area contributed by atoms with Crippen LogP contribution in [0.2, 0.25) is 0 Å². The van der Waals surface area contributed by atoms with E-state index in [-0.39, 0.29) is 0 Å². The summed E-state index contributed by atoms with van der Waals surface area (Å²) < 4.78 is 1.03. The summed E-state index contributed by atoms with van der Waals surface area (Å²) in [5.74, 6) is 0.641. The lowest BCUT2D eigenvalue weighted by Gasteiger charge is -2.09. The van der Waals surface area contributed by atoms with Gasteiger partial charge in [-0.2, -0.15) is 0 Å². The summed E-state index contributed by atoms with van der Waals surface area (Å²) >= 11 is 3.61. The second-order valence-electron chi connectivity index (χ2n) is 5.59. The van der Waals surface area contributed by atoms with Crippen LogP contribution in [0.15, 0.2) is 71.3 Å². The van der Waals surface area contributed by atoms with E-state index in [0.717, 1.165) is 37.9 Å². The van der Waals surface area contributed by atoms with Crippen molar-refractivity contribution in [3.63, 3.8) is 0 Å². The highest BCUT2D eigenvalue weighted by Gasteiger charge is 2.11. The van der Waals surface area contributed by atoms with Crippen LogP contribution in [0.5, 0.6) is 0 Å². The maximum atomic E-state index is 4.83. The molecule has 0 N–H and O–H groups in total. The molecule has 24 heavy (non-hydrogen) atoms. The summed E-state index contributed by atoms with van der Waals surface area (Å²) in [5.41, 5.74) is 4.82. The van der Waals surface area contributed by atoms with Crippen molar-refractivity contribution in [3.8, 4) is 22.8 Å². The topological polar surface area (TPSA) is 38.7 Å². The molecule has 0 aliphatic carbocycles. The molecule has 4 aromatic rings. The molecular weight excluding hydrogens is 362 g/mol. The third-order valence-corrected chi connectivity index (χ3v) is 4.64. The molecule has 0 fully saturated rings. The maximum Gasteiger partial charge on any atom is 0.178 e. The number of halogens is 1. The van der Waals surface area contributed by atoms with E-state index in [2.05, 4.69) is 45.0 Å². The zero-order valence-electron chi connectivity index (χ0n) is 13.1. The average molecular weight is 376 g/mol. The lowest BCUT2D eigenvalue weighted by molar-refractivity contribution is 1.17. The molecule has 2 heterocycles. The van der Waals surface area contributed by atoms with Gasteiger partial charge in [0.05, 0.1) is 11.2 Å². The summed E-state index contributed by atoms with van der Waals surface area (Å²) in [6.07, 6.45) is 1.84. The number of hydrogen-bond donors (Lipinski definition) is 0.